The van der Waals surface area contributed by atoms with E-state index in [1.807, 2.05) is 20.8 Å². The van der Waals surface area contributed by atoms with Gasteiger partial charge in [0, 0.05) is 5.56 Å². The van der Waals surface area contributed by atoms with Gasteiger partial charge in [-0.15, -0.1) is 0 Å². The molecule has 138 valence electrons. The minimum Gasteiger partial charge on any atom is -0.506 e. The summed E-state index contributed by atoms with van der Waals surface area (Å²) in [6.45, 7) is 5.59. The lowest BCUT2D eigenvalue weighted by atomic mass is 9.87. The van der Waals surface area contributed by atoms with Crippen LogP contribution in [0, 0.1) is 11.6 Å². The van der Waals surface area contributed by atoms with Gasteiger partial charge in [-0.05, 0) is 41.3 Å². The molecule has 0 saturated heterocycles. The van der Waals surface area contributed by atoms with E-state index >= 15 is 0 Å². The molecular formula is C19H20F2N2O3. The highest BCUT2D eigenvalue weighted by Gasteiger charge is 2.17. The van der Waals surface area contributed by atoms with E-state index in [0.717, 1.165) is 23.8 Å². The van der Waals surface area contributed by atoms with E-state index in [2.05, 4.69) is 10.6 Å². The molecule has 0 unspecified atom stereocenters. The van der Waals surface area contributed by atoms with Crippen molar-refractivity contribution < 1.29 is 23.5 Å². The van der Waals surface area contributed by atoms with Crippen LogP contribution in [0.15, 0.2) is 36.4 Å². The first-order chi connectivity index (χ1) is 12.1. The second kappa shape index (κ2) is 7.51. The molecule has 0 saturated carbocycles. The number of phenolic OH excluding ortho intramolecular Hbond substituents is 1. The molecule has 0 fully saturated rings. The third-order valence-corrected chi connectivity index (χ3v) is 3.73. The lowest BCUT2D eigenvalue weighted by molar-refractivity contribution is -0.115. The van der Waals surface area contributed by atoms with Crippen LogP contribution < -0.4 is 10.6 Å². The fourth-order valence-corrected chi connectivity index (χ4v) is 2.20. The first kappa shape index (κ1) is 19.4. The molecule has 0 heterocycles. The second-order valence-electron chi connectivity index (χ2n) is 6.84. The standard InChI is InChI=1S/C19H20F2N2O3/c1-19(2,3)12-5-7-16(24)15(9-12)23-17(25)10-22-18(26)11-4-6-13(20)14(21)8-11/h4-9,24H,10H2,1-3H3,(H,22,26)(H,23,25). The van der Waals surface area contributed by atoms with Crippen molar-refractivity contribution in [3.8, 4) is 5.75 Å². The zero-order chi connectivity index (χ0) is 19.5. The maximum Gasteiger partial charge on any atom is 0.251 e. The molecule has 2 amide bonds. The second-order valence-corrected chi connectivity index (χ2v) is 6.84. The van der Waals surface area contributed by atoms with Crippen LogP contribution in [-0.4, -0.2) is 23.5 Å². The van der Waals surface area contributed by atoms with Gasteiger partial charge in [0.15, 0.2) is 11.6 Å². The predicted octanol–water partition coefficient (Wildman–Crippen LogP) is 3.34. The Labute approximate surface area is 150 Å². The number of carbonyl (C=O) groups is 2. The molecule has 3 N–H and O–H groups in total. The fourth-order valence-electron chi connectivity index (χ4n) is 2.20. The van der Waals surface area contributed by atoms with Crippen LogP contribution in [0.1, 0.15) is 36.7 Å². The SMILES string of the molecule is CC(C)(C)c1ccc(O)c(NC(=O)CNC(=O)c2ccc(F)c(F)c2)c1. The van der Waals surface area contributed by atoms with E-state index in [0.29, 0.717) is 0 Å². The number of nitrogens with one attached hydrogen (secondary N) is 2. The molecule has 0 atom stereocenters. The molecule has 0 bridgehead atoms. The predicted molar refractivity (Wildman–Crippen MR) is 94.1 cm³/mol. The number of hydrogen-bond acceptors (Lipinski definition) is 3. The number of hydrogen-bond donors (Lipinski definition) is 3. The Morgan fingerprint density at radius 3 is 2.35 bits per heavy atom. The van der Waals surface area contributed by atoms with Gasteiger partial charge in [0.05, 0.1) is 12.2 Å². The molecule has 2 aromatic carbocycles. The number of anilines is 1. The Morgan fingerprint density at radius 2 is 1.73 bits per heavy atom. The van der Waals surface area contributed by atoms with E-state index in [4.69, 9.17) is 0 Å². The van der Waals surface area contributed by atoms with Crippen molar-refractivity contribution in [3.05, 3.63) is 59.2 Å². The number of amides is 2. The lowest BCUT2D eigenvalue weighted by Crippen LogP contribution is -2.33. The zero-order valence-corrected chi connectivity index (χ0v) is 14.7. The molecular weight excluding hydrogens is 342 g/mol. The van der Waals surface area contributed by atoms with Gasteiger partial charge in [-0.1, -0.05) is 26.8 Å². The molecule has 2 aromatic rings. The van der Waals surface area contributed by atoms with Gasteiger partial charge in [-0.3, -0.25) is 9.59 Å². The van der Waals surface area contributed by atoms with Crippen LogP contribution in [0.25, 0.3) is 0 Å². The largest absolute Gasteiger partial charge is 0.506 e. The number of halogens is 2. The summed E-state index contributed by atoms with van der Waals surface area (Å²) in [4.78, 5) is 23.9. The Morgan fingerprint density at radius 1 is 1.04 bits per heavy atom. The normalized spacial score (nSPS) is 11.1. The highest BCUT2D eigenvalue weighted by molar-refractivity contribution is 5.99. The van der Waals surface area contributed by atoms with E-state index in [9.17, 15) is 23.5 Å². The third-order valence-electron chi connectivity index (χ3n) is 3.73. The molecule has 0 aliphatic carbocycles. The van der Waals surface area contributed by atoms with Gasteiger partial charge in [0.1, 0.15) is 5.75 Å². The van der Waals surface area contributed by atoms with Gasteiger partial charge in [-0.2, -0.15) is 0 Å². The topological polar surface area (TPSA) is 78.4 Å². The fraction of sp³-hybridized carbons (Fsp3) is 0.263. The van der Waals surface area contributed by atoms with Gasteiger partial charge >= 0.3 is 0 Å². The van der Waals surface area contributed by atoms with Crippen LogP contribution in [0.5, 0.6) is 5.75 Å². The van der Waals surface area contributed by atoms with Crippen LogP contribution in [0.2, 0.25) is 0 Å². The van der Waals surface area contributed by atoms with E-state index in [-0.39, 0.29) is 22.4 Å². The minimum absolute atomic E-state index is 0.0988. The van der Waals surface area contributed by atoms with Gasteiger partial charge in [0.25, 0.3) is 5.91 Å². The van der Waals surface area contributed by atoms with Gasteiger partial charge in [-0.25, -0.2) is 8.78 Å². The van der Waals surface area contributed by atoms with Crippen molar-refractivity contribution in [2.75, 3.05) is 11.9 Å². The molecule has 0 aliphatic heterocycles. The van der Waals surface area contributed by atoms with Crippen LogP contribution in [-0.2, 0) is 10.2 Å². The highest BCUT2D eigenvalue weighted by Crippen LogP contribution is 2.30. The maximum atomic E-state index is 13.1. The lowest BCUT2D eigenvalue weighted by Gasteiger charge is -2.20. The van der Waals surface area contributed by atoms with Crippen LogP contribution in [0.3, 0.4) is 0 Å². The Kier molecular flexibility index (Phi) is 5.59. The molecule has 0 aliphatic rings. The summed E-state index contributed by atoms with van der Waals surface area (Å²) >= 11 is 0. The van der Waals surface area contributed by atoms with Crippen molar-refractivity contribution in [2.24, 2.45) is 0 Å². The van der Waals surface area contributed by atoms with Crippen LogP contribution >= 0.6 is 0 Å². The molecule has 7 heteroatoms. The minimum atomic E-state index is -1.15. The number of phenols is 1. The zero-order valence-electron chi connectivity index (χ0n) is 14.7. The third kappa shape index (κ3) is 4.78. The smallest absolute Gasteiger partial charge is 0.251 e. The van der Waals surface area contributed by atoms with Crippen LogP contribution in [0.4, 0.5) is 14.5 Å². The number of rotatable bonds is 4. The monoisotopic (exact) mass is 362 g/mol. The van der Waals surface area contributed by atoms with E-state index < -0.39 is 30.0 Å². The average molecular weight is 362 g/mol. The Bertz CT molecular complexity index is 845. The summed E-state index contributed by atoms with van der Waals surface area (Å²) in [6.07, 6.45) is 0. The van der Waals surface area contributed by atoms with Crippen molar-refractivity contribution in [3.63, 3.8) is 0 Å². The van der Waals surface area contributed by atoms with E-state index in [1.165, 1.54) is 6.07 Å². The first-order valence-electron chi connectivity index (χ1n) is 7.94. The summed E-state index contributed by atoms with van der Waals surface area (Å²) in [5.74, 6) is -3.59. The molecule has 2 rings (SSSR count). The van der Waals surface area contributed by atoms with Crippen molar-refractivity contribution in [1.82, 2.24) is 5.32 Å². The quantitative estimate of drug-likeness (QED) is 0.730. The average Bonchev–Trinajstić information content (AvgIpc) is 2.56. The first-order valence-corrected chi connectivity index (χ1v) is 7.94. The maximum absolute atomic E-state index is 13.1. The number of aromatic hydroxyl groups is 1. The van der Waals surface area contributed by atoms with Gasteiger partial charge in [0.2, 0.25) is 5.91 Å². The summed E-state index contributed by atoms with van der Waals surface area (Å²) in [5, 5.41) is 14.7. The number of carbonyl (C=O) groups excluding carboxylic acids is 2. The van der Waals surface area contributed by atoms with Gasteiger partial charge < -0.3 is 15.7 Å². The summed E-state index contributed by atoms with van der Waals surface area (Å²) < 4.78 is 26.0. The number of benzene rings is 2. The summed E-state index contributed by atoms with van der Waals surface area (Å²) in [5.41, 5.74) is 0.865. The molecule has 5 nitrogen and oxygen atoms in total. The summed E-state index contributed by atoms with van der Waals surface area (Å²) in [7, 11) is 0. The molecule has 0 radical (unpaired) electrons. The molecule has 0 spiro atoms. The van der Waals surface area contributed by atoms with E-state index in [1.54, 1.807) is 12.1 Å². The molecule has 0 aromatic heterocycles. The Balaban J connectivity index is 2.00. The van der Waals surface area contributed by atoms with Crippen molar-refractivity contribution in [1.29, 1.82) is 0 Å². The summed E-state index contributed by atoms with van der Waals surface area (Å²) in [6, 6.07) is 7.60. The highest BCUT2D eigenvalue weighted by atomic mass is 19.2. The van der Waals surface area contributed by atoms with Crippen molar-refractivity contribution >= 4 is 17.5 Å². The molecule has 26 heavy (non-hydrogen) atoms. The van der Waals surface area contributed by atoms with Crippen molar-refractivity contribution in [2.45, 2.75) is 26.2 Å². The Hall–Kier alpha value is -2.96.